The van der Waals surface area contributed by atoms with Gasteiger partial charge in [-0.15, -0.1) is 0 Å². The van der Waals surface area contributed by atoms with Gasteiger partial charge in [0.2, 0.25) is 5.82 Å². The van der Waals surface area contributed by atoms with E-state index >= 15 is 0 Å². The predicted molar refractivity (Wildman–Crippen MR) is 63.6 cm³/mol. The molecule has 0 saturated carbocycles. The normalized spacial score (nSPS) is 10.1. The highest BCUT2D eigenvalue weighted by Crippen LogP contribution is 2.25. The molecule has 0 aliphatic rings. The number of anilines is 1. The van der Waals surface area contributed by atoms with E-state index in [0.29, 0.717) is 11.4 Å². The van der Waals surface area contributed by atoms with Gasteiger partial charge >= 0.3 is 5.69 Å². The van der Waals surface area contributed by atoms with Crippen molar-refractivity contribution in [1.82, 2.24) is 4.98 Å². The molecule has 1 heterocycles. The molecule has 16 heavy (non-hydrogen) atoms. The van der Waals surface area contributed by atoms with Crippen LogP contribution >= 0.6 is 0 Å². The van der Waals surface area contributed by atoms with Gasteiger partial charge in [-0.3, -0.25) is 10.1 Å². The molecule has 0 amide bonds. The molecule has 0 bridgehead atoms. The van der Waals surface area contributed by atoms with Crippen LogP contribution in [0, 0.1) is 17.0 Å². The maximum atomic E-state index is 10.9. The van der Waals surface area contributed by atoms with Crippen molar-refractivity contribution in [1.29, 1.82) is 0 Å². The molecule has 0 aromatic carbocycles. The van der Waals surface area contributed by atoms with Crippen molar-refractivity contribution < 1.29 is 4.92 Å². The Morgan fingerprint density at radius 1 is 1.50 bits per heavy atom. The molecule has 0 aliphatic carbocycles. The number of hydrogen-bond donors (Lipinski definition) is 1. The molecule has 0 unspecified atom stereocenters. The molecule has 1 aromatic rings. The average molecular weight is 223 g/mol. The van der Waals surface area contributed by atoms with Crippen LogP contribution in [-0.2, 0) is 0 Å². The third-order valence-electron chi connectivity index (χ3n) is 2.38. The van der Waals surface area contributed by atoms with Crippen LogP contribution in [0.25, 0.3) is 0 Å². The highest BCUT2D eigenvalue weighted by Gasteiger charge is 2.17. The van der Waals surface area contributed by atoms with Crippen LogP contribution in [0.4, 0.5) is 11.5 Å². The number of nitro groups is 1. The largest absolute Gasteiger partial charge is 0.364 e. The van der Waals surface area contributed by atoms with Crippen LogP contribution in [-0.4, -0.2) is 16.5 Å². The first-order valence-corrected chi connectivity index (χ1v) is 5.50. The molecule has 5 heteroatoms. The van der Waals surface area contributed by atoms with Crippen molar-refractivity contribution >= 4 is 11.5 Å². The second-order valence-electron chi connectivity index (χ2n) is 3.72. The van der Waals surface area contributed by atoms with Crippen molar-refractivity contribution in [2.24, 2.45) is 0 Å². The van der Waals surface area contributed by atoms with Gasteiger partial charge in [0.15, 0.2) is 0 Å². The number of unbranched alkanes of at least 4 members (excludes halogenated alkanes) is 2. The van der Waals surface area contributed by atoms with Crippen molar-refractivity contribution in [3.63, 3.8) is 0 Å². The average Bonchev–Trinajstić information content (AvgIpc) is 2.24. The number of nitrogens with zero attached hydrogens (tertiary/aromatic N) is 2. The van der Waals surface area contributed by atoms with Crippen molar-refractivity contribution in [2.45, 2.75) is 33.1 Å². The molecule has 5 nitrogen and oxygen atoms in total. The van der Waals surface area contributed by atoms with Gasteiger partial charge in [0.1, 0.15) is 0 Å². The molecule has 0 atom stereocenters. The summed E-state index contributed by atoms with van der Waals surface area (Å²) in [7, 11) is 0. The lowest BCUT2D eigenvalue weighted by molar-refractivity contribution is -0.384. The lowest BCUT2D eigenvalue weighted by Crippen LogP contribution is -2.07. The van der Waals surface area contributed by atoms with E-state index in [1.807, 2.05) is 0 Å². The first kappa shape index (κ1) is 12.4. The van der Waals surface area contributed by atoms with E-state index in [2.05, 4.69) is 17.2 Å². The Balaban J connectivity index is 2.71. The summed E-state index contributed by atoms with van der Waals surface area (Å²) < 4.78 is 0. The van der Waals surface area contributed by atoms with Crippen LogP contribution < -0.4 is 5.32 Å². The first-order chi connectivity index (χ1) is 7.66. The van der Waals surface area contributed by atoms with Crippen molar-refractivity contribution in [3.05, 3.63) is 27.9 Å². The summed E-state index contributed by atoms with van der Waals surface area (Å²) in [5, 5.41) is 13.9. The lowest BCUT2D eigenvalue weighted by Gasteiger charge is -2.06. The molecule has 1 rings (SSSR count). The maximum absolute atomic E-state index is 10.9. The highest BCUT2D eigenvalue weighted by molar-refractivity contribution is 5.59. The number of hydrogen-bond acceptors (Lipinski definition) is 4. The summed E-state index contributed by atoms with van der Waals surface area (Å²) in [5.41, 5.74) is 0.719. The van der Waals surface area contributed by atoms with Crippen LogP contribution in [0.2, 0.25) is 0 Å². The molecule has 0 saturated heterocycles. The standard InChI is InChI=1S/C11H17N3O2/c1-3-4-5-7-12-11-10(14(15)16)9(2)6-8-13-11/h6,8H,3-5,7H2,1-2H3,(H,12,13). The predicted octanol–water partition coefficient (Wildman–Crippen LogP) is 2.90. The summed E-state index contributed by atoms with van der Waals surface area (Å²) in [6.45, 7) is 4.57. The molecule has 0 aliphatic heterocycles. The van der Waals surface area contributed by atoms with Crippen molar-refractivity contribution in [3.8, 4) is 0 Å². The Hall–Kier alpha value is -1.65. The van der Waals surface area contributed by atoms with E-state index in [0.717, 1.165) is 25.8 Å². The van der Waals surface area contributed by atoms with Crippen LogP contribution in [0.1, 0.15) is 31.7 Å². The van der Waals surface area contributed by atoms with Gasteiger partial charge in [-0.05, 0) is 19.4 Å². The molecular formula is C11H17N3O2. The Bertz CT molecular complexity index is 366. The molecule has 0 radical (unpaired) electrons. The molecule has 88 valence electrons. The van der Waals surface area contributed by atoms with Gasteiger partial charge in [-0.25, -0.2) is 4.98 Å². The fourth-order valence-corrected chi connectivity index (χ4v) is 1.49. The van der Waals surface area contributed by atoms with Gasteiger partial charge in [0, 0.05) is 18.3 Å². The van der Waals surface area contributed by atoms with Gasteiger partial charge in [0.05, 0.1) is 4.92 Å². The fraction of sp³-hybridized carbons (Fsp3) is 0.545. The Morgan fingerprint density at radius 3 is 2.88 bits per heavy atom. The van der Waals surface area contributed by atoms with Crippen LogP contribution in [0.5, 0.6) is 0 Å². The summed E-state index contributed by atoms with van der Waals surface area (Å²) in [5.74, 6) is 0.376. The minimum absolute atomic E-state index is 0.0824. The Morgan fingerprint density at radius 2 is 2.25 bits per heavy atom. The Kier molecular flexibility index (Phi) is 4.69. The molecule has 0 fully saturated rings. The first-order valence-electron chi connectivity index (χ1n) is 5.50. The fourth-order valence-electron chi connectivity index (χ4n) is 1.49. The second-order valence-corrected chi connectivity index (χ2v) is 3.72. The number of rotatable bonds is 6. The van der Waals surface area contributed by atoms with Crippen molar-refractivity contribution in [2.75, 3.05) is 11.9 Å². The molecule has 1 aromatic heterocycles. The third kappa shape index (κ3) is 3.18. The smallest absolute Gasteiger partial charge is 0.314 e. The zero-order valence-corrected chi connectivity index (χ0v) is 9.69. The number of aromatic nitrogens is 1. The van der Waals surface area contributed by atoms with E-state index in [1.54, 1.807) is 19.2 Å². The molecular weight excluding hydrogens is 206 g/mol. The Labute approximate surface area is 95.0 Å². The van der Waals surface area contributed by atoms with E-state index < -0.39 is 0 Å². The minimum atomic E-state index is -0.384. The summed E-state index contributed by atoms with van der Waals surface area (Å²) >= 11 is 0. The van der Waals surface area contributed by atoms with Crippen LogP contribution in [0.15, 0.2) is 12.3 Å². The number of aryl methyl sites for hydroxylation is 1. The summed E-state index contributed by atoms with van der Waals surface area (Å²) in [6, 6.07) is 1.65. The highest BCUT2D eigenvalue weighted by atomic mass is 16.6. The van der Waals surface area contributed by atoms with Gasteiger partial charge in [0.25, 0.3) is 0 Å². The topological polar surface area (TPSA) is 68.1 Å². The van der Waals surface area contributed by atoms with Gasteiger partial charge in [-0.1, -0.05) is 19.8 Å². The number of pyridine rings is 1. The van der Waals surface area contributed by atoms with Gasteiger partial charge < -0.3 is 5.32 Å². The molecule has 0 spiro atoms. The van der Waals surface area contributed by atoms with E-state index in [-0.39, 0.29) is 10.6 Å². The number of nitrogens with one attached hydrogen (secondary N) is 1. The zero-order valence-electron chi connectivity index (χ0n) is 9.69. The summed E-state index contributed by atoms with van der Waals surface area (Å²) in [6.07, 6.45) is 4.84. The van der Waals surface area contributed by atoms with E-state index in [1.165, 1.54) is 0 Å². The second kappa shape index (κ2) is 6.05. The van der Waals surface area contributed by atoms with Crippen LogP contribution in [0.3, 0.4) is 0 Å². The lowest BCUT2D eigenvalue weighted by atomic mass is 10.2. The molecule has 1 N–H and O–H groups in total. The summed E-state index contributed by atoms with van der Waals surface area (Å²) in [4.78, 5) is 14.5. The van der Waals surface area contributed by atoms with Gasteiger partial charge in [-0.2, -0.15) is 0 Å². The SMILES string of the molecule is CCCCCNc1nccc(C)c1[N+](=O)[O-]. The quantitative estimate of drug-likeness (QED) is 0.457. The van der Waals surface area contributed by atoms with E-state index in [9.17, 15) is 10.1 Å². The minimum Gasteiger partial charge on any atom is -0.364 e. The zero-order chi connectivity index (χ0) is 12.0. The van der Waals surface area contributed by atoms with E-state index in [4.69, 9.17) is 0 Å². The third-order valence-corrected chi connectivity index (χ3v) is 2.38. The monoisotopic (exact) mass is 223 g/mol. The maximum Gasteiger partial charge on any atom is 0.314 e.